The molecule has 20 heavy (non-hydrogen) atoms. The molecule has 0 aromatic carbocycles. The predicted octanol–water partition coefficient (Wildman–Crippen LogP) is 2.16. The van der Waals surface area contributed by atoms with Gasteiger partial charge in [0.15, 0.2) is 0 Å². The van der Waals surface area contributed by atoms with Gasteiger partial charge in [-0.1, -0.05) is 13.3 Å². The Labute approximate surface area is 123 Å². The van der Waals surface area contributed by atoms with E-state index in [1.165, 1.54) is 6.92 Å². The lowest BCUT2D eigenvalue weighted by Crippen LogP contribution is -2.47. The highest BCUT2D eigenvalue weighted by Crippen LogP contribution is 2.41. The average Bonchev–Trinajstić information content (AvgIpc) is 3.07. The molecule has 2 rings (SSSR count). The first-order chi connectivity index (χ1) is 9.65. The van der Waals surface area contributed by atoms with E-state index < -0.39 is 6.04 Å². The van der Waals surface area contributed by atoms with Crippen molar-refractivity contribution in [1.29, 1.82) is 0 Å². The van der Waals surface area contributed by atoms with Crippen molar-refractivity contribution < 1.29 is 14.0 Å². The summed E-state index contributed by atoms with van der Waals surface area (Å²) in [6, 6.07) is 1.44. The summed E-state index contributed by atoms with van der Waals surface area (Å²) in [6.07, 6.45) is 5.21. The minimum Gasteiger partial charge on any atom is -0.472 e. The fourth-order valence-corrected chi connectivity index (χ4v) is 3.73. The van der Waals surface area contributed by atoms with E-state index in [1.807, 2.05) is 6.07 Å². The predicted molar refractivity (Wildman–Crippen MR) is 78.1 cm³/mol. The highest BCUT2D eigenvalue weighted by atomic mass is 32.2. The van der Waals surface area contributed by atoms with Crippen LogP contribution < -0.4 is 5.32 Å². The summed E-state index contributed by atoms with van der Waals surface area (Å²) in [5.41, 5.74) is 0.925. The van der Waals surface area contributed by atoms with Gasteiger partial charge in [0, 0.05) is 24.8 Å². The van der Waals surface area contributed by atoms with E-state index in [9.17, 15) is 9.59 Å². The Kier molecular flexibility index (Phi) is 5.11. The van der Waals surface area contributed by atoms with E-state index in [-0.39, 0.29) is 17.2 Å². The van der Waals surface area contributed by atoms with Gasteiger partial charge in [-0.25, -0.2) is 0 Å². The van der Waals surface area contributed by atoms with Crippen LogP contribution in [0.15, 0.2) is 23.0 Å². The second kappa shape index (κ2) is 6.83. The van der Waals surface area contributed by atoms with Gasteiger partial charge in [0.25, 0.3) is 0 Å². The van der Waals surface area contributed by atoms with Crippen LogP contribution in [0.25, 0.3) is 0 Å². The van der Waals surface area contributed by atoms with Gasteiger partial charge in [-0.05, 0) is 12.5 Å². The largest absolute Gasteiger partial charge is 0.472 e. The molecule has 0 spiro atoms. The van der Waals surface area contributed by atoms with Crippen molar-refractivity contribution in [1.82, 2.24) is 10.2 Å². The summed E-state index contributed by atoms with van der Waals surface area (Å²) in [7, 11) is 0. The van der Waals surface area contributed by atoms with E-state index in [1.54, 1.807) is 29.2 Å². The Hall–Kier alpha value is -1.43. The molecular weight excluding hydrogens is 276 g/mol. The van der Waals surface area contributed by atoms with Gasteiger partial charge in [0.05, 0.1) is 12.5 Å². The molecule has 5 nitrogen and oxygen atoms in total. The number of thioether (sulfide) groups is 1. The average molecular weight is 296 g/mol. The first-order valence-corrected chi connectivity index (χ1v) is 7.90. The summed E-state index contributed by atoms with van der Waals surface area (Å²) in [6.45, 7) is 4.25. The molecule has 1 aromatic heterocycles. The molecule has 0 radical (unpaired) electrons. The highest BCUT2D eigenvalue weighted by Gasteiger charge is 2.41. The minimum atomic E-state index is -0.394. The highest BCUT2D eigenvalue weighted by molar-refractivity contribution is 7.99. The summed E-state index contributed by atoms with van der Waals surface area (Å²) in [5, 5.41) is 2.78. The molecule has 1 aromatic rings. The molecule has 110 valence electrons. The number of carbonyl (C=O) groups excluding carboxylic acids is 2. The number of nitrogens with one attached hydrogen (secondary N) is 1. The van der Waals surface area contributed by atoms with Crippen LogP contribution in [0.5, 0.6) is 0 Å². The van der Waals surface area contributed by atoms with Crippen molar-refractivity contribution in [3.8, 4) is 0 Å². The lowest BCUT2D eigenvalue weighted by atomic mass is 10.2. The topological polar surface area (TPSA) is 62.6 Å². The zero-order valence-electron chi connectivity index (χ0n) is 11.8. The molecule has 6 heteroatoms. The monoisotopic (exact) mass is 296 g/mol. The second-order valence-corrected chi connectivity index (χ2v) is 5.94. The quantitative estimate of drug-likeness (QED) is 0.846. The van der Waals surface area contributed by atoms with Crippen LogP contribution in [0.2, 0.25) is 0 Å². The molecule has 1 aliphatic rings. The Morgan fingerprint density at radius 1 is 1.55 bits per heavy atom. The fourth-order valence-electron chi connectivity index (χ4n) is 2.27. The van der Waals surface area contributed by atoms with Crippen molar-refractivity contribution in [3.63, 3.8) is 0 Å². The molecule has 0 aliphatic carbocycles. The Bertz CT molecular complexity index is 461. The number of furan rings is 1. The van der Waals surface area contributed by atoms with Crippen molar-refractivity contribution in [2.75, 3.05) is 12.3 Å². The van der Waals surface area contributed by atoms with E-state index in [4.69, 9.17) is 4.42 Å². The SMILES string of the molecule is CCCCNC(=O)C1CSC(c2ccoc2)N1C(C)=O. The zero-order chi connectivity index (χ0) is 14.5. The minimum absolute atomic E-state index is 0.0628. The fraction of sp³-hybridized carbons (Fsp3) is 0.571. The third-order valence-electron chi connectivity index (χ3n) is 3.32. The maximum atomic E-state index is 12.2. The van der Waals surface area contributed by atoms with Crippen LogP contribution in [0.1, 0.15) is 37.6 Å². The molecule has 1 saturated heterocycles. The summed E-state index contributed by atoms with van der Waals surface area (Å²) in [5.74, 6) is 0.469. The molecule has 1 N–H and O–H groups in total. The molecule has 1 aliphatic heterocycles. The summed E-state index contributed by atoms with van der Waals surface area (Å²) < 4.78 is 5.08. The zero-order valence-corrected chi connectivity index (χ0v) is 12.6. The molecule has 2 atom stereocenters. The smallest absolute Gasteiger partial charge is 0.243 e. The van der Waals surface area contributed by atoms with Crippen LogP contribution in [0.3, 0.4) is 0 Å². The van der Waals surface area contributed by atoms with Crippen LogP contribution in [0.4, 0.5) is 0 Å². The lowest BCUT2D eigenvalue weighted by Gasteiger charge is -2.27. The van der Waals surface area contributed by atoms with Gasteiger partial charge in [0.1, 0.15) is 11.4 Å². The molecule has 2 heterocycles. The number of unbranched alkanes of at least 4 members (excludes halogenated alkanes) is 1. The van der Waals surface area contributed by atoms with Crippen molar-refractivity contribution in [2.45, 2.75) is 38.1 Å². The molecule has 2 unspecified atom stereocenters. The molecule has 0 bridgehead atoms. The van der Waals surface area contributed by atoms with Gasteiger partial charge < -0.3 is 14.6 Å². The summed E-state index contributed by atoms with van der Waals surface area (Å²) >= 11 is 1.60. The van der Waals surface area contributed by atoms with E-state index >= 15 is 0 Å². The van der Waals surface area contributed by atoms with Crippen LogP contribution in [0, 0.1) is 0 Å². The Morgan fingerprint density at radius 3 is 2.95 bits per heavy atom. The van der Waals surface area contributed by atoms with Crippen LogP contribution in [-0.2, 0) is 9.59 Å². The normalized spacial score (nSPS) is 22.0. The van der Waals surface area contributed by atoms with Gasteiger partial charge in [-0.15, -0.1) is 11.8 Å². The van der Waals surface area contributed by atoms with Crippen LogP contribution in [-0.4, -0.2) is 35.1 Å². The molecule has 2 amide bonds. The van der Waals surface area contributed by atoms with Gasteiger partial charge in [-0.3, -0.25) is 9.59 Å². The Morgan fingerprint density at radius 2 is 2.35 bits per heavy atom. The van der Waals surface area contributed by atoms with E-state index in [0.29, 0.717) is 12.3 Å². The number of hydrogen-bond donors (Lipinski definition) is 1. The maximum absolute atomic E-state index is 12.2. The van der Waals surface area contributed by atoms with Crippen LogP contribution >= 0.6 is 11.8 Å². The third kappa shape index (κ3) is 3.17. The summed E-state index contributed by atoms with van der Waals surface area (Å²) in [4.78, 5) is 25.8. The maximum Gasteiger partial charge on any atom is 0.243 e. The number of rotatable bonds is 5. The van der Waals surface area contributed by atoms with Gasteiger partial charge in [-0.2, -0.15) is 0 Å². The second-order valence-electron chi connectivity index (χ2n) is 4.83. The Balaban J connectivity index is 2.06. The molecule has 1 fully saturated rings. The number of hydrogen-bond acceptors (Lipinski definition) is 4. The number of carbonyl (C=O) groups is 2. The van der Waals surface area contributed by atoms with Gasteiger partial charge >= 0.3 is 0 Å². The molecular formula is C14H20N2O3S. The third-order valence-corrected chi connectivity index (χ3v) is 4.65. The molecule has 0 saturated carbocycles. The standard InChI is InChI=1S/C14H20N2O3S/c1-3-4-6-15-13(18)12-9-20-14(16(12)10(2)17)11-5-7-19-8-11/h5,7-8,12,14H,3-4,6,9H2,1-2H3,(H,15,18). The number of nitrogens with zero attached hydrogens (tertiary/aromatic N) is 1. The van der Waals surface area contributed by atoms with Gasteiger partial charge in [0.2, 0.25) is 11.8 Å². The first-order valence-electron chi connectivity index (χ1n) is 6.85. The van der Waals surface area contributed by atoms with Crippen molar-refractivity contribution in [2.24, 2.45) is 0 Å². The number of amides is 2. The van der Waals surface area contributed by atoms with Crippen molar-refractivity contribution in [3.05, 3.63) is 24.2 Å². The van der Waals surface area contributed by atoms with E-state index in [2.05, 4.69) is 12.2 Å². The van der Waals surface area contributed by atoms with Crippen molar-refractivity contribution >= 4 is 23.6 Å². The lowest BCUT2D eigenvalue weighted by molar-refractivity contribution is -0.138. The van der Waals surface area contributed by atoms with E-state index in [0.717, 1.165) is 18.4 Å². The first kappa shape index (κ1) is 15.0.